The Bertz CT molecular complexity index is 325. The van der Waals surface area contributed by atoms with Gasteiger partial charge in [0, 0.05) is 6.54 Å². The first-order chi connectivity index (χ1) is 10.4. The molecule has 0 aliphatic rings. The molecule has 4 heteroatoms. The van der Waals surface area contributed by atoms with Crippen LogP contribution >= 0.6 is 0 Å². The van der Waals surface area contributed by atoms with Crippen molar-refractivity contribution < 1.29 is 9.53 Å². The summed E-state index contributed by atoms with van der Waals surface area (Å²) in [4.78, 5) is 11.8. The molecule has 0 saturated carbocycles. The highest BCUT2D eigenvalue weighted by Gasteiger charge is 2.21. The van der Waals surface area contributed by atoms with E-state index in [1.807, 2.05) is 20.8 Å². The van der Waals surface area contributed by atoms with Gasteiger partial charge in [0.1, 0.15) is 5.60 Å². The molecule has 0 spiro atoms. The van der Waals surface area contributed by atoms with Gasteiger partial charge in [-0.25, -0.2) is 4.79 Å². The normalized spacial score (nSPS) is 14.0. The quantitative estimate of drug-likeness (QED) is 0.663. The zero-order valence-electron chi connectivity index (χ0n) is 16.8. The van der Waals surface area contributed by atoms with Crippen molar-refractivity contribution in [2.24, 2.45) is 29.6 Å². The largest absolute Gasteiger partial charge is 0.444 e. The van der Waals surface area contributed by atoms with Crippen LogP contribution in [-0.2, 0) is 4.74 Å². The van der Waals surface area contributed by atoms with Crippen LogP contribution in [0.3, 0.4) is 0 Å². The van der Waals surface area contributed by atoms with Gasteiger partial charge < -0.3 is 15.4 Å². The van der Waals surface area contributed by atoms with E-state index in [4.69, 9.17) is 4.74 Å². The summed E-state index contributed by atoms with van der Waals surface area (Å²) in [6.07, 6.45) is -0.328. The Morgan fingerprint density at radius 3 is 1.78 bits per heavy atom. The van der Waals surface area contributed by atoms with Crippen LogP contribution in [0.1, 0.15) is 62.3 Å². The summed E-state index contributed by atoms with van der Waals surface area (Å²) in [5.74, 6) is 2.96. The van der Waals surface area contributed by atoms with Gasteiger partial charge in [-0.15, -0.1) is 0 Å². The van der Waals surface area contributed by atoms with E-state index < -0.39 is 5.60 Å². The topological polar surface area (TPSA) is 50.4 Å². The Hall–Kier alpha value is -0.770. The summed E-state index contributed by atoms with van der Waals surface area (Å²) in [6.45, 7) is 21.8. The zero-order valence-corrected chi connectivity index (χ0v) is 16.8. The van der Waals surface area contributed by atoms with Crippen molar-refractivity contribution >= 4 is 6.09 Å². The van der Waals surface area contributed by atoms with Gasteiger partial charge >= 0.3 is 6.09 Å². The van der Waals surface area contributed by atoms with Crippen LogP contribution in [0.25, 0.3) is 0 Å². The van der Waals surface area contributed by atoms with E-state index in [-0.39, 0.29) is 6.09 Å². The monoisotopic (exact) mass is 328 g/mol. The van der Waals surface area contributed by atoms with E-state index in [1.54, 1.807) is 0 Å². The van der Waals surface area contributed by atoms with Gasteiger partial charge in [-0.05, 0) is 63.5 Å². The summed E-state index contributed by atoms with van der Waals surface area (Å²) in [6, 6.07) is 0. The zero-order chi connectivity index (χ0) is 18.2. The summed E-state index contributed by atoms with van der Waals surface area (Å²) in [5.41, 5.74) is -0.447. The van der Waals surface area contributed by atoms with Crippen LogP contribution in [0.5, 0.6) is 0 Å². The number of alkyl carbamates (subject to hydrolysis) is 1. The lowest BCUT2D eigenvalue weighted by atomic mass is 9.85. The third-order valence-corrected chi connectivity index (χ3v) is 4.35. The standard InChI is InChI=1S/C19H40N2O2/c1-13(2)16(11-21-18(22)23-19(7,8)9)10-20-12-17(14(3)4)15(5)6/h13-17,20H,10-12H2,1-9H3,(H,21,22). The first-order valence-corrected chi connectivity index (χ1v) is 9.11. The Morgan fingerprint density at radius 2 is 1.39 bits per heavy atom. The number of nitrogens with one attached hydrogen (secondary N) is 2. The molecule has 1 atom stereocenters. The van der Waals surface area contributed by atoms with E-state index in [0.717, 1.165) is 13.1 Å². The Morgan fingerprint density at radius 1 is 0.870 bits per heavy atom. The lowest BCUT2D eigenvalue weighted by Gasteiger charge is -2.28. The lowest BCUT2D eigenvalue weighted by Crippen LogP contribution is -2.41. The first-order valence-electron chi connectivity index (χ1n) is 9.11. The fourth-order valence-corrected chi connectivity index (χ4v) is 2.75. The van der Waals surface area contributed by atoms with E-state index in [1.165, 1.54) is 0 Å². The fraction of sp³-hybridized carbons (Fsp3) is 0.947. The number of hydrogen-bond acceptors (Lipinski definition) is 3. The summed E-state index contributed by atoms with van der Waals surface area (Å²) < 4.78 is 5.30. The minimum absolute atomic E-state index is 0.328. The summed E-state index contributed by atoms with van der Waals surface area (Å²) in [7, 11) is 0. The molecule has 23 heavy (non-hydrogen) atoms. The molecule has 0 fully saturated rings. The number of amides is 1. The first kappa shape index (κ1) is 22.2. The predicted octanol–water partition coefficient (Wildman–Crippen LogP) is 4.30. The van der Waals surface area contributed by atoms with Crippen LogP contribution < -0.4 is 10.6 Å². The van der Waals surface area contributed by atoms with E-state index in [2.05, 4.69) is 52.2 Å². The van der Waals surface area contributed by atoms with Crippen molar-refractivity contribution in [3.8, 4) is 0 Å². The minimum Gasteiger partial charge on any atom is -0.444 e. The van der Waals surface area contributed by atoms with Crippen LogP contribution in [0.2, 0.25) is 0 Å². The summed E-state index contributed by atoms with van der Waals surface area (Å²) >= 11 is 0. The predicted molar refractivity (Wildman–Crippen MR) is 98.6 cm³/mol. The van der Waals surface area contributed by atoms with Crippen molar-refractivity contribution in [1.82, 2.24) is 10.6 Å². The highest BCUT2D eigenvalue weighted by molar-refractivity contribution is 5.67. The number of hydrogen-bond donors (Lipinski definition) is 2. The molecule has 0 aromatic rings. The molecule has 0 radical (unpaired) electrons. The molecule has 1 amide bonds. The molecule has 138 valence electrons. The number of carbonyl (C=O) groups is 1. The average Bonchev–Trinajstić information content (AvgIpc) is 2.34. The molecular weight excluding hydrogens is 288 g/mol. The maximum atomic E-state index is 11.8. The fourth-order valence-electron chi connectivity index (χ4n) is 2.75. The van der Waals surface area contributed by atoms with Crippen LogP contribution in [0.4, 0.5) is 4.79 Å². The molecule has 2 N–H and O–H groups in total. The van der Waals surface area contributed by atoms with Gasteiger partial charge in [-0.3, -0.25) is 0 Å². The minimum atomic E-state index is -0.447. The van der Waals surface area contributed by atoms with Crippen molar-refractivity contribution in [2.75, 3.05) is 19.6 Å². The number of ether oxygens (including phenoxy) is 1. The second-order valence-electron chi connectivity index (χ2n) is 8.70. The molecule has 0 saturated heterocycles. The molecule has 0 aliphatic heterocycles. The van der Waals surface area contributed by atoms with Crippen LogP contribution in [-0.4, -0.2) is 31.3 Å². The lowest BCUT2D eigenvalue weighted by molar-refractivity contribution is 0.0514. The van der Waals surface area contributed by atoms with E-state index in [0.29, 0.717) is 36.1 Å². The average molecular weight is 329 g/mol. The molecule has 4 nitrogen and oxygen atoms in total. The van der Waals surface area contributed by atoms with Crippen molar-refractivity contribution in [2.45, 2.75) is 67.9 Å². The van der Waals surface area contributed by atoms with Gasteiger partial charge in [-0.2, -0.15) is 0 Å². The van der Waals surface area contributed by atoms with Gasteiger partial charge in [0.25, 0.3) is 0 Å². The smallest absolute Gasteiger partial charge is 0.407 e. The SMILES string of the molecule is CC(C)C(CNCC(C(C)C)C(C)C)CNC(=O)OC(C)(C)C. The Labute approximate surface area is 144 Å². The number of carbonyl (C=O) groups excluding carboxylic acids is 1. The molecule has 0 heterocycles. The maximum absolute atomic E-state index is 11.8. The Balaban J connectivity index is 4.30. The Kier molecular flexibility index (Phi) is 9.83. The van der Waals surface area contributed by atoms with Gasteiger partial charge in [0.05, 0.1) is 0 Å². The van der Waals surface area contributed by atoms with Crippen molar-refractivity contribution in [3.63, 3.8) is 0 Å². The molecule has 0 aromatic carbocycles. The highest BCUT2D eigenvalue weighted by atomic mass is 16.6. The third-order valence-electron chi connectivity index (χ3n) is 4.35. The maximum Gasteiger partial charge on any atom is 0.407 e. The van der Waals surface area contributed by atoms with Gasteiger partial charge in [0.15, 0.2) is 0 Å². The van der Waals surface area contributed by atoms with Crippen LogP contribution in [0.15, 0.2) is 0 Å². The summed E-state index contributed by atoms with van der Waals surface area (Å²) in [5, 5.41) is 6.51. The van der Waals surface area contributed by atoms with E-state index in [9.17, 15) is 4.79 Å². The molecule has 0 aromatic heterocycles. The molecular formula is C19H40N2O2. The number of rotatable bonds is 9. The van der Waals surface area contributed by atoms with Crippen molar-refractivity contribution in [3.05, 3.63) is 0 Å². The van der Waals surface area contributed by atoms with E-state index >= 15 is 0 Å². The highest BCUT2D eigenvalue weighted by Crippen LogP contribution is 2.19. The molecule has 1 unspecified atom stereocenters. The molecule has 0 bridgehead atoms. The van der Waals surface area contributed by atoms with Crippen molar-refractivity contribution in [1.29, 1.82) is 0 Å². The second kappa shape index (κ2) is 10.2. The van der Waals surface area contributed by atoms with Gasteiger partial charge in [0.2, 0.25) is 0 Å². The molecule has 0 aliphatic carbocycles. The van der Waals surface area contributed by atoms with Gasteiger partial charge in [-0.1, -0.05) is 41.5 Å². The third kappa shape index (κ3) is 10.6. The van der Waals surface area contributed by atoms with Crippen LogP contribution in [0, 0.1) is 29.6 Å². The second-order valence-corrected chi connectivity index (χ2v) is 8.70. The molecule has 0 rings (SSSR count).